The van der Waals surface area contributed by atoms with Gasteiger partial charge in [0.15, 0.2) is 0 Å². The van der Waals surface area contributed by atoms with E-state index in [0.717, 1.165) is 0 Å². The van der Waals surface area contributed by atoms with Gasteiger partial charge >= 0.3 is 0 Å². The van der Waals surface area contributed by atoms with Crippen LogP contribution in [0.5, 0.6) is 5.75 Å². The van der Waals surface area contributed by atoms with Gasteiger partial charge in [0.25, 0.3) is 0 Å². The minimum atomic E-state index is -0.404. The van der Waals surface area contributed by atoms with Crippen molar-refractivity contribution in [2.75, 3.05) is 19.8 Å². The summed E-state index contributed by atoms with van der Waals surface area (Å²) in [5, 5.41) is 0. The molecule has 0 amide bonds. The number of benzene rings is 1. The Morgan fingerprint density at radius 2 is 2.11 bits per heavy atom. The first-order valence-electron chi connectivity index (χ1n) is 5.86. The van der Waals surface area contributed by atoms with Crippen molar-refractivity contribution >= 4 is 0 Å². The van der Waals surface area contributed by atoms with Crippen molar-refractivity contribution in [1.29, 1.82) is 0 Å². The fourth-order valence-corrected chi connectivity index (χ4v) is 1.28. The number of ether oxygens (including phenoxy) is 2. The largest absolute Gasteiger partial charge is 0.491 e. The molecule has 1 aromatic rings. The van der Waals surface area contributed by atoms with Crippen molar-refractivity contribution in [3.05, 3.63) is 29.6 Å². The number of hydrogen-bond donors (Lipinski definition) is 1. The van der Waals surface area contributed by atoms with Crippen LogP contribution in [0.4, 0.5) is 4.39 Å². The average molecular weight is 251 g/mol. The molecule has 0 spiro atoms. The molecular weight excluding hydrogens is 233 g/mol. The lowest BCUT2D eigenvalue weighted by Crippen LogP contribution is -2.11. The quantitative estimate of drug-likeness (QED) is 0.642. The zero-order valence-electron chi connectivity index (χ0n) is 10.7. The lowest BCUT2D eigenvalue weighted by molar-refractivity contribution is 0.0552. The third-order valence-corrected chi connectivity index (χ3v) is 2.07. The van der Waals surface area contributed by atoms with E-state index in [1.807, 2.05) is 13.8 Å². The Morgan fingerprint density at radius 3 is 2.72 bits per heavy atom. The van der Waals surface area contributed by atoms with Gasteiger partial charge in [0.05, 0.1) is 24.8 Å². The molecule has 0 aliphatic carbocycles. The highest BCUT2D eigenvalue weighted by molar-refractivity contribution is 5.39. The first-order chi connectivity index (χ1) is 8.63. The van der Waals surface area contributed by atoms with Gasteiger partial charge in [-0.15, -0.1) is 0 Å². The molecule has 0 saturated carbocycles. The summed E-state index contributed by atoms with van der Waals surface area (Å²) in [5.41, 5.74) is 5.55. The van der Waals surface area contributed by atoms with Crippen LogP contribution in [0.1, 0.15) is 19.4 Å². The van der Waals surface area contributed by atoms with Gasteiger partial charge in [-0.05, 0) is 26.0 Å². The molecule has 0 aromatic heterocycles. The summed E-state index contributed by atoms with van der Waals surface area (Å²) in [6, 6.07) is 4.57. The Balaban J connectivity index is 2.51. The van der Waals surface area contributed by atoms with E-state index in [0.29, 0.717) is 24.5 Å². The molecule has 98 valence electrons. The van der Waals surface area contributed by atoms with E-state index in [4.69, 9.17) is 15.2 Å². The summed E-state index contributed by atoms with van der Waals surface area (Å²) >= 11 is 0. The molecule has 0 saturated heterocycles. The van der Waals surface area contributed by atoms with Gasteiger partial charge in [0.2, 0.25) is 0 Å². The van der Waals surface area contributed by atoms with E-state index in [9.17, 15) is 4.39 Å². The van der Waals surface area contributed by atoms with Crippen LogP contribution in [0, 0.1) is 17.7 Å². The topological polar surface area (TPSA) is 44.5 Å². The molecule has 0 unspecified atom stereocenters. The Morgan fingerprint density at radius 1 is 1.33 bits per heavy atom. The Hall–Kier alpha value is -1.57. The third-order valence-electron chi connectivity index (χ3n) is 2.07. The summed E-state index contributed by atoms with van der Waals surface area (Å²) in [4.78, 5) is 0. The van der Waals surface area contributed by atoms with Crippen molar-refractivity contribution in [3.63, 3.8) is 0 Å². The molecule has 0 fully saturated rings. The molecule has 2 N–H and O–H groups in total. The standard InChI is InChI=1S/C14H18FNO2/c1-11(2)17-8-9-18-13-6-5-12(4-3-7-16)14(15)10-13/h5-6,10-11H,7-9,16H2,1-2H3. The third kappa shape index (κ3) is 5.17. The van der Waals surface area contributed by atoms with E-state index in [-0.39, 0.29) is 12.6 Å². The molecule has 3 nitrogen and oxygen atoms in total. The highest BCUT2D eigenvalue weighted by Crippen LogP contribution is 2.15. The van der Waals surface area contributed by atoms with Crippen LogP contribution in [0.3, 0.4) is 0 Å². The second kappa shape index (κ2) is 7.70. The normalized spacial score (nSPS) is 10.1. The summed E-state index contributed by atoms with van der Waals surface area (Å²) in [5.74, 6) is 5.32. The number of nitrogens with two attached hydrogens (primary N) is 1. The minimum absolute atomic E-state index is 0.166. The maximum Gasteiger partial charge on any atom is 0.142 e. The summed E-state index contributed by atoms with van der Waals surface area (Å²) in [6.07, 6.45) is 0.166. The van der Waals surface area contributed by atoms with Gasteiger partial charge in [-0.25, -0.2) is 4.39 Å². The summed E-state index contributed by atoms with van der Waals surface area (Å²) in [7, 11) is 0. The van der Waals surface area contributed by atoms with Crippen LogP contribution in [0.25, 0.3) is 0 Å². The summed E-state index contributed by atoms with van der Waals surface area (Å²) in [6.45, 7) is 4.98. The van der Waals surface area contributed by atoms with Crippen LogP contribution >= 0.6 is 0 Å². The zero-order valence-corrected chi connectivity index (χ0v) is 10.7. The predicted octanol–water partition coefficient (Wildman–Crippen LogP) is 1.94. The van der Waals surface area contributed by atoms with Gasteiger partial charge in [-0.3, -0.25) is 0 Å². The van der Waals surface area contributed by atoms with Gasteiger partial charge in [-0.1, -0.05) is 11.8 Å². The van der Waals surface area contributed by atoms with Crippen molar-refractivity contribution in [2.24, 2.45) is 5.73 Å². The lowest BCUT2D eigenvalue weighted by atomic mass is 10.2. The van der Waals surface area contributed by atoms with E-state index < -0.39 is 5.82 Å². The molecule has 0 radical (unpaired) electrons. The van der Waals surface area contributed by atoms with Crippen molar-refractivity contribution in [2.45, 2.75) is 20.0 Å². The molecule has 4 heteroatoms. The zero-order chi connectivity index (χ0) is 13.4. The first kappa shape index (κ1) is 14.5. The van der Waals surface area contributed by atoms with Crippen molar-refractivity contribution in [3.8, 4) is 17.6 Å². The van der Waals surface area contributed by atoms with Crippen LogP contribution < -0.4 is 10.5 Å². The smallest absolute Gasteiger partial charge is 0.142 e. The second-order valence-corrected chi connectivity index (χ2v) is 3.92. The Kier molecular flexibility index (Phi) is 6.20. The highest BCUT2D eigenvalue weighted by atomic mass is 19.1. The fraction of sp³-hybridized carbons (Fsp3) is 0.429. The molecular formula is C14H18FNO2. The lowest BCUT2D eigenvalue weighted by Gasteiger charge is -2.09. The maximum atomic E-state index is 13.6. The van der Waals surface area contributed by atoms with Crippen LogP contribution in [-0.4, -0.2) is 25.9 Å². The maximum absolute atomic E-state index is 13.6. The number of rotatable bonds is 5. The molecule has 0 aliphatic heterocycles. The van der Waals surface area contributed by atoms with Crippen LogP contribution in [0.15, 0.2) is 18.2 Å². The van der Waals surface area contributed by atoms with E-state index in [2.05, 4.69) is 11.8 Å². The highest BCUT2D eigenvalue weighted by Gasteiger charge is 2.02. The molecule has 0 aliphatic rings. The first-order valence-corrected chi connectivity index (χ1v) is 5.86. The Bertz CT molecular complexity index is 435. The van der Waals surface area contributed by atoms with Gasteiger partial charge in [0, 0.05) is 6.07 Å². The SMILES string of the molecule is CC(C)OCCOc1ccc(C#CCN)c(F)c1. The molecule has 0 atom stereocenters. The molecule has 0 heterocycles. The minimum Gasteiger partial charge on any atom is -0.491 e. The molecule has 1 rings (SSSR count). The van der Waals surface area contributed by atoms with Gasteiger partial charge < -0.3 is 15.2 Å². The number of halogens is 1. The number of hydrogen-bond acceptors (Lipinski definition) is 3. The Labute approximate surface area is 107 Å². The average Bonchev–Trinajstić information content (AvgIpc) is 2.33. The van der Waals surface area contributed by atoms with E-state index in [1.54, 1.807) is 12.1 Å². The summed E-state index contributed by atoms with van der Waals surface area (Å²) < 4.78 is 24.2. The predicted molar refractivity (Wildman–Crippen MR) is 68.9 cm³/mol. The van der Waals surface area contributed by atoms with E-state index >= 15 is 0 Å². The van der Waals surface area contributed by atoms with Gasteiger partial charge in [0.1, 0.15) is 18.2 Å². The molecule has 0 bridgehead atoms. The van der Waals surface area contributed by atoms with Crippen LogP contribution in [-0.2, 0) is 4.74 Å². The van der Waals surface area contributed by atoms with Gasteiger partial charge in [-0.2, -0.15) is 0 Å². The monoisotopic (exact) mass is 251 g/mol. The second-order valence-electron chi connectivity index (χ2n) is 3.92. The molecule has 18 heavy (non-hydrogen) atoms. The van der Waals surface area contributed by atoms with E-state index in [1.165, 1.54) is 6.07 Å². The fourth-order valence-electron chi connectivity index (χ4n) is 1.28. The molecule has 1 aromatic carbocycles. The van der Waals surface area contributed by atoms with Crippen LogP contribution in [0.2, 0.25) is 0 Å². The van der Waals surface area contributed by atoms with Crippen molar-refractivity contribution in [1.82, 2.24) is 0 Å². The van der Waals surface area contributed by atoms with Crippen molar-refractivity contribution < 1.29 is 13.9 Å².